The van der Waals surface area contributed by atoms with E-state index in [0.717, 1.165) is 0 Å². The summed E-state index contributed by atoms with van der Waals surface area (Å²) in [5.41, 5.74) is 0.0415. The van der Waals surface area contributed by atoms with Crippen LogP contribution in [0, 0.1) is 5.41 Å². The fraction of sp³-hybridized carbons (Fsp3) is 0.750. The normalized spacial score (nSPS) is 25.4. The second kappa shape index (κ2) is 4.20. The second-order valence-electron chi connectivity index (χ2n) is 3.74. The van der Waals surface area contributed by atoms with Gasteiger partial charge in [-0.1, -0.05) is 19.9 Å². The van der Waals surface area contributed by atoms with E-state index in [2.05, 4.69) is 20.4 Å². The Morgan fingerprint density at radius 1 is 1.54 bits per heavy atom. The summed E-state index contributed by atoms with van der Waals surface area (Å²) in [4.78, 5) is 0. The largest absolute Gasteiger partial charge is 0.327 e. The summed E-state index contributed by atoms with van der Waals surface area (Å²) in [5.74, 6) is 0. The van der Waals surface area contributed by atoms with E-state index in [-0.39, 0.29) is 5.41 Å². The fourth-order valence-corrected chi connectivity index (χ4v) is 2.83. The van der Waals surface area contributed by atoms with Gasteiger partial charge >= 0.3 is 6.72 Å². The molecule has 0 N–H and O–H groups in total. The molecule has 0 atom stereocenters. The Labute approximate surface area is 84.3 Å². The molecule has 0 radical (unpaired) electrons. The van der Waals surface area contributed by atoms with Crippen LogP contribution in [0.2, 0.25) is 0 Å². The summed E-state index contributed by atoms with van der Waals surface area (Å²) in [5, 5.41) is 0. The molecule has 1 saturated heterocycles. The average molecular weight is 222 g/mol. The summed E-state index contributed by atoms with van der Waals surface area (Å²) in [6.45, 7) is 6.81. The van der Waals surface area contributed by atoms with Crippen LogP contribution < -0.4 is 0 Å². The van der Waals surface area contributed by atoms with E-state index < -0.39 is 6.72 Å². The molecular weight excluding hydrogens is 207 g/mol. The molecule has 0 amide bonds. The lowest BCUT2D eigenvalue weighted by Gasteiger charge is -2.35. The summed E-state index contributed by atoms with van der Waals surface area (Å²) < 4.78 is 16.1. The minimum absolute atomic E-state index is 0.0415. The molecule has 0 aliphatic carbocycles. The zero-order valence-corrected chi connectivity index (χ0v) is 9.70. The highest BCUT2D eigenvalue weighted by Crippen LogP contribution is 2.54. The molecule has 76 valence electrons. The van der Waals surface area contributed by atoms with Crippen LogP contribution in [0.15, 0.2) is 12.7 Å². The van der Waals surface area contributed by atoms with Gasteiger partial charge in [0.05, 0.1) is 19.8 Å². The average Bonchev–Trinajstić information content (AvgIpc) is 2.08. The van der Waals surface area contributed by atoms with Crippen molar-refractivity contribution in [2.24, 2.45) is 5.41 Å². The first-order valence-electron chi connectivity index (χ1n) is 4.12. The van der Waals surface area contributed by atoms with Crippen molar-refractivity contribution in [2.45, 2.75) is 13.8 Å². The maximum atomic E-state index is 5.42. The van der Waals surface area contributed by atoms with E-state index in [9.17, 15) is 0 Å². The van der Waals surface area contributed by atoms with Crippen molar-refractivity contribution >= 4 is 18.5 Å². The molecular formula is C8H15O3PS. The molecule has 1 aliphatic heterocycles. The first-order chi connectivity index (χ1) is 5.97. The van der Waals surface area contributed by atoms with E-state index in [1.807, 2.05) is 0 Å². The van der Waals surface area contributed by atoms with Gasteiger partial charge in [-0.05, 0) is 11.8 Å². The molecule has 0 spiro atoms. The van der Waals surface area contributed by atoms with Gasteiger partial charge in [0.2, 0.25) is 0 Å². The van der Waals surface area contributed by atoms with E-state index >= 15 is 0 Å². The molecule has 0 aromatic heterocycles. The van der Waals surface area contributed by atoms with E-state index in [0.29, 0.717) is 19.8 Å². The van der Waals surface area contributed by atoms with Crippen LogP contribution in [-0.4, -0.2) is 19.8 Å². The van der Waals surface area contributed by atoms with Crippen molar-refractivity contribution in [3.05, 3.63) is 12.7 Å². The molecule has 1 aliphatic rings. The number of hydrogen-bond acceptors (Lipinski definition) is 4. The van der Waals surface area contributed by atoms with Gasteiger partial charge in [0.25, 0.3) is 0 Å². The minimum Gasteiger partial charge on any atom is -0.308 e. The van der Waals surface area contributed by atoms with Crippen molar-refractivity contribution in [2.75, 3.05) is 19.8 Å². The highest BCUT2D eigenvalue weighted by atomic mass is 32.5. The zero-order valence-electron chi connectivity index (χ0n) is 7.99. The third-order valence-electron chi connectivity index (χ3n) is 1.58. The van der Waals surface area contributed by atoms with E-state index in [4.69, 9.17) is 25.4 Å². The Kier molecular flexibility index (Phi) is 3.66. The zero-order chi connectivity index (χ0) is 9.95. The van der Waals surface area contributed by atoms with E-state index in [1.54, 1.807) is 6.08 Å². The topological polar surface area (TPSA) is 27.7 Å². The minimum atomic E-state index is -2.45. The number of rotatable bonds is 3. The molecule has 1 heterocycles. The molecule has 1 fully saturated rings. The summed E-state index contributed by atoms with van der Waals surface area (Å²) in [7, 11) is 0. The highest BCUT2D eigenvalue weighted by molar-refractivity contribution is 8.07. The predicted octanol–water partition coefficient (Wildman–Crippen LogP) is 2.49. The smallest absolute Gasteiger partial charge is 0.308 e. The summed E-state index contributed by atoms with van der Waals surface area (Å²) in [6.07, 6.45) is 1.64. The quantitative estimate of drug-likeness (QED) is 0.541. The van der Waals surface area contributed by atoms with Gasteiger partial charge in [0, 0.05) is 5.41 Å². The summed E-state index contributed by atoms with van der Waals surface area (Å²) >= 11 is 5.12. The summed E-state index contributed by atoms with van der Waals surface area (Å²) in [6, 6.07) is 0. The second-order valence-corrected chi connectivity index (χ2v) is 6.75. The maximum absolute atomic E-state index is 5.42. The Bertz CT molecular complexity index is 226. The third-order valence-corrected chi connectivity index (χ3v) is 3.88. The van der Waals surface area contributed by atoms with Crippen LogP contribution in [0.5, 0.6) is 0 Å². The standard InChI is InChI=1S/C8H15O3PS/c1-4-5-9-12(13)10-6-8(2,3)7-11-12/h4H,1,5-7H2,2-3H3. The molecule has 0 bridgehead atoms. The lowest BCUT2D eigenvalue weighted by molar-refractivity contribution is 0.0285. The van der Waals surface area contributed by atoms with Gasteiger partial charge in [-0.15, -0.1) is 6.58 Å². The van der Waals surface area contributed by atoms with E-state index in [1.165, 1.54) is 0 Å². The third kappa shape index (κ3) is 3.49. The molecule has 0 aromatic carbocycles. The van der Waals surface area contributed by atoms with Crippen molar-refractivity contribution in [3.63, 3.8) is 0 Å². The van der Waals surface area contributed by atoms with Crippen molar-refractivity contribution < 1.29 is 13.6 Å². The molecule has 5 heteroatoms. The molecule has 13 heavy (non-hydrogen) atoms. The lowest BCUT2D eigenvalue weighted by Crippen LogP contribution is -2.29. The monoisotopic (exact) mass is 222 g/mol. The SMILES string of the molecule is C=CCOP1(=S)OCC(C)(C)CO1. The van der Waals surface area contributed by atoms with Crippen molar-refractivity contribution in [1.82, 2.24) is 0 Å². The van der Waals surface area contributed by atoms with Crippen LogP contribution in [0.25, 0.3) is 0 Å². The molecule has 0 unspecified atom stereocenters. The molecule has 0 saturated carbocycles. The molecule has 0 aromatic rings. The van der Waals surface area contributed by atoms with Crippen LogP contribution in [0.4, 0.5) is 0 Å². The Hall–Kier alpha value is 0.270. The number of hydrogen-bond donors (Lipinski definition) is 0. The molecule has 3 nitrogen and oxygen atoms in total. The Morgan fingerprint density at radius 2 is 2.08 bits per heavy atom. The Morgan fingerprint density at radius 3 is 2.54 bits per heavy atom. The van der Waals surface area contributed by atoms with Gasteiger partial charge in [-0.25, -0.2) is 0 Å². The van der Waals surface area contributed by atoms with Crippen molar-refractivity contribution in [3.8, 4) is 0 Å². The van der Waals surface area contributed by atoms with Gasteiger partial charge in [-0.3, -0.25) is 0 Å². The fourth-order valence-electron chi connectivity index (χ4n) is 0.805. The maximum Gasteiger partial charge on any atom is 0.327 e. The lowest BCUT2D eigenvalue weighted by atomic mass is 9.97. The first-order valence-corrected chi connectivity index (χ1v) is 6.68. The van der Waals surface area contributed by atoms with Gasteiger partial charge in [0.1, 0.15) is 0 Å². The molecule has 1 rings (SSSR count). The van der Waals surface area contributed by atoms with Crippen LogP contribution >= 0.6 is 6.72 Å². The first kappa shape index (κ1) is 11.3. The van der Waals surface area contributed by atoms with Gasteiger partial charge in [0.15, 0.2) is 0 Å². The Balaban J connectivity index is 2.47. The van der Waals surface area contributed by atoms with Crippen molar-refractivity contribution in [1.29, 1.82) is 0 Å². The van der Waals surface area contributed by atoms with Crippen LogP contribution in [0.1, 0.15) is 13.8 Å². The van der Waals surface area contributed by atoms with Gasteiger partial charge in [-0.2, -0.15) is 0 Å². The van der Waals surface area contributed by atoms with Crippen LogP contribution in [-0.2, 0) is 25.4 Å². The van der Waals surface area contributed by atoms with Crippen LogP contribution in [0.3, 0.4) is 0 Å². The van der Waals surface area contributed by atoms with Gasteiger partial charge < -0.3 is 13.6 Å². The highest BCUT2D eigenvalue weighted by Gasteiger charge is 2.33. The predicted molar refractivity (Wildman–Crippen MR) is 56.1 cm³/mol.